The van der Waals surface area contributed by atoms with Gasteiger partial charge in [0.2, 0.25) is 0 Å². The van der Waals surface area contributed by atoms with Gasteiger partial charge >= 0.3 is 0 Å². The van der Waals surface area contributed by atoms with Crippen molar-refractivity contribution in [2.24, 2.45) is 0 Å². The monoisotopic (exact) mass is 194 g/mol. The maximum absolute atomic E-state index is 4.96. The van der Waals surface area contributed by atoms with Crippen molar-refractivity contribution < 1.29 is 4.74 Å². The Morgan fingerprint density at radius 3 is 2.79 bits per heavy atom. The van der Waals surface area contributed by atoms with Gasteiger partial charge in [0.15, 0.2) is 0 Å². The lowest BCUT2D eigenvalue weighted by Crippen LogP contribution is -2.19. The molecule has 0 atom stereocenters. The number of anilines is 1. The van der Waals surface area contributed by atoms with Crippen LogP contribution in [0.1, 0.15) is 5.56 Å². The Kier molecular flexibility index (Phi) is 5.04. The normalized spacial score (nSPS) is 10.1. The van der Waals surface area contributed by atoms with E-state index in [1.807, 2.05) is 19.2 Å². The SMILES string of the molecule is CNc1ccccc1CNCCOC. The zero-order valence-electron chi connectivity index (χ0n) is 8.84. The highest BCUT2D eigenvalue weighted by atomic mass is 16.5. The lowest BCUT2D eigenvalue weighted by atomic mass is 10.2. The molecule has 0 unspecified atom stereocenters. The van der Waals surface area contributed by atoms with E-state index < -0.39 is 0 Å². The van der Waals surface area contributed by atoms with E-state index >= 15 is 0 Å². The molecule has 3 heteroatoms. The van der Waals surface area contributed by atoms with Crippen molar-refractivity contribution in [2.45, 2.75) is 6.54 Å². The molecule has 0 aliphatic carbocycles. The van der Waals surface area contributed by atoms with Gasteiger partial charge in [-0.3, -0.25) is 0 Å². The molecule has 0 saturated carbocycles. The fourth-order valence-corrected chi connectivity index (χ4v) is 1.32. The van der Waals surface area contributed by atoms with Gasteiger partial charge in [-0.15, -0.1) is 0 Å². The van der Waals surface area contributed by atoms with E-state index in [-0.39, 0.29) is 0 Å². The number of hydrogen-bond acceptors (Lipinski definition) is 3. The maximum atomic E-state index is 4.96. The predicted octanol–water partition coefficient (Wildman–Crippen LogP) is 1.46. The number of nitrogens with one attached hydrogen (secondary N) is 2. The minimum atomic E-state index is 0.752. The first kappa shape index (κ1) is 11.0. The van der Waals surface area contributed by atoms with E-state index in [0.29, 0.717) is 0 Å². The van der Waals surface area contributed by atoms with Crippen molar-refractivity contribution in [3.8, 4) is 0 Å². The molecule has 14 heavy (non-hydrogen) atoms. The zero-order chi connectivity index (χ0) is 10.2. The summed E-state index contributed by atoms with van der Waals surface area (Å²) < 4.78 is 4.96. The number of rotatable bonds is 6. The van der Waals surface area contributed by atoms with Crippen LogP contribution in [-0.2, 0) is 11.3 Å². The van der Waals surface area contributed by atoms with Crippen molar-refractivity contribution >= 4 is 5.69 Å². The van der Waals surface area contributed by atoms with Crippen molar-refractivity contribution in [3.05, 3.63) is 29.8 Å². The van der Waals surface area contributed by atoms with Crippen LogP contribution in [0.4, 0.5) is 5.69 Å². The van der Waals surface area contributed by atoms with Crippen molar-refractivity contribution in [3.63, 3.8) is 0 Å². The first-order valence-electron chi connectivity index (χ1n) is 4.83. The molecule has 0 fully saturated rings. The first-order valence-corrected chi connectivity index (χ1v) is 4.83. The Morgan fingerprint density at radius 2 is 2.07 bits per heavy atom. The Labute approximate surface area is 85.5 Å². The minimum absolute atomic E-state index is 0.752. The summed E-state index contributed by atoms with van der Waals surface area (Å²) in [6.45, 7) is 2.51. The molecule has 0 aliphatic rings. The van der Waals surface area contributed by atoms with Crippen LogP contribution >= 0.6 is 0 Å². The molecule has 78 valence electrons. The largest absolute Gasteiger partial charge is 0.388 e. The average Bonchev–Trinajstić information content (AvgIpc) is 2.25. The molecule has 0 heterocycles. The Balaban J connectivity index is 2.41. The molecular formula is C11H18N2O. The number of para-hydroxylation sites is 1. The molecule has 0 spiro atoms. The molecule has 1 aromatic carbocycles. The van der Waals surface area contributed by atoms with Crippen LogP contribution in [0.3, 0.4) is 0 Å². The molecule has 0 bridgehead atoms. The minimum Gasteiger partial charge on any atom is -0.388 e. The van der Waals surface area contributed by atoms with Crippen LogP contribution in [0.5, 0.6) is 0 Å². The molecule has 0 aliphatic heterocycles. The van der Waals surface area contributed by atoms with Gasteiger partial charge in [0.05, 0.1) is 6.61 Å². The molecule has 1 aromatic rings. The van der Waals surface area contributed by atoms with Crippen LogP contribution in [0.15, 0.2) is 24.3 Å². The van der Waals surface area contributed by atoms with Crippen molar-refractivity contribution in [1.29, 1.82) is 0 Å². The molecule has 2 N–H and O–H groups in total. The summed E-state index contributed by atoms with van der Waals surface area (Å²) in [6, 6.07) is 8.28. The van der Waals surface area contributed by atoms with E-state index in [1.165, 1.54) is 11.3 Å². The zero-order valence-corrected chi connectivity index (χ0v) is 8.84. The third-order valence-corrected chi connectivity index (χ3v) is 2.09. The predicted molar refractivity (Wildman–Crippen MR) is 59.6 cm³/mol. The van der Waals surface area contributed by atoms with Gasteiger partial charge in [0, 0.05) is 32.9 Å². The Hall–Kier alpha value is -1.06. The summed E-state index contributed by atoms with van der Waals surface area (Å²) in [7, 11) is 3.65. The van der Waals surface area contributed by atoms with Gasteiger partial charge < -0.3 is 15.4 Å². The van der Waals surface area contributed by atoms with E-state index in [9.17, 15) is 0 Å². The first-order chi connectivity index (χ1) is 6.88. The second-order valence-electron chi connectivity index (χ2n) is 3.08. The van der Waals surface area contributed by atoms with Gasteiger partial charge in [-0.2, -0.15) is 0 Å². The van der Waals surface area contributed by atoms with Crippen LogP contribution in [0, 0.1) is 0 Å². The third kappa shape index (κ3) is 3.36. The highest BCUT2D eigenvalue weighted by Crippen LogP contribution is 2.13. The standard InChI is InChI=1S/C11H18N2O/c1-12-11-6-4-3-5-10(11)9-13-7-8-14-2/h3-6,12-13H,7-9H2,1-2H3. The summed E-state index contributed by atoms with van der Waals surface area (Å²) in [5.41, 5.74) is 2.46. The second kappa shape index (κ2) is 6.40. The van der Waals surface area contributed by atoms with Crippen molar-refractivity contribution in [1.82, 2.24) is 5.32 Å². The summed E-state index contributed by atoms with van der Waals surface area (Å²) in [4.78, 5) is 0. The summed E-state index contributed by atoms with van der Waals surface area (Å²) in [5.74, 6) is 0. The fraction of sp³-hybridized carbons (Fsp3) is 0.455. The van der Waals surface area contributed by atoms with Crippen LogP contribution < -0.4 is 10.6 Å². The Morgan fingerprint density at radius 1 is 1.29 bits per heavy atom. The topological polar surface area (TPSA) is 33.3 Å². The molecule has 1 rings (SSSR count). The molecule has 0 amide bonds. The van der Waals surface area contributed by atoms with Crippen LogP contribution in [0.25, 0.3) is 0 Å². The summed E-state index contributed by atoms with van der Waals surface area (Å²) >= 11 is 0. The van der Waals surface area contributed by atoms with Gasteiger partial charge in [-0.25, -0.2) is 0 Å². The quantitative estimate of drug-likeness (QED) is 0.673. The van der Waals surface area contributed by atoms with E-state index in [4.69, 9.17) is 4.74 Å². The van der Waals surface area contributed by atoms with E-state index in [1.54, 1.807) is 7.11 Å². The smallest absolute Gasteiger partial charge is 0.0587 e. The third-order valence-electron chi connectivity index (χ3n) is 2.09. The molecule has 0 saturated heterocycles. The molecular weight excluding hydrogens is 176 g/mol. The summed E-state index contributed by atoms with van der Waals surface area (Å²) in [6.07, 6.45) is 0. The van der Waals surface area contributed by atoms with Crippen LogP contribution in [-0.4, -0.2) is 27.3 Å². The molecule has 0 aromatic heterocycles. The number of ether oxygens (including phenoxy) is 1. The second-order valence-corrected chi connectivity index (χ2v) is 3.08. The van der Waals surface area contributed by atoms with E-state index in [0.717, 1.165) is 19.7 Å². The highest BCUT2D eigenvalue weighted by Gasteiger charge is 1.97. The molecule has 0 radical (unpaired) electrons. The number of methoxy groups -OCH3 is 1. The summed E-state index contributed by atoms with van der Waals surface area (Å²) in [5, 5.41) is 6.48. The van der Waals surface area contributed by atoms with Crippen LogP contribution in [0.2, 0.25) is 0 Å². The molecule has 3 nitrogen and oxygen atoms in total. The number of benzene rings is 1. The van der Waals surface area contributed by atoms with E-state index in [2.05, 4.69) is 22.8 Å². The lowest BCUT2D eigenvalue weighted by molar-refractivity contribution is 0.199. The van der Waals surface area contributed by atoms with Gasteiger partial charge in [-0.1, -0.05) is 18.2 Å². The van der Waals surface area contributed by atoms with Gasteiger partial charge in [0.1, 0.15) is 0 Å². The van der Waals surface area contributed by atoms with Gasteiger partial charge in [0.25, 0.3) is 0 Å². The number of hydrogen-bond donors (Lipinski definition) is 2. The Bertz CT molecular complexity index is 263. The lowest BCUT2D eigenvalue weighted by Gasteiger charge is -2.09. The highest BCUT2D eigenvalue weighted by molar-refractivity contribution is 5.50. The van der Waals surface area contributed by atoms with Crippen molar-refractivity contribution in [2.75, 3.05) is 32.6 Å². The van der Waals surface area contributed by atoms with Gasteiger partial charge in [-0.05, 0) is 11.6 Å². The average molecular weight is 194 g/mol. The fourth-order valence-electron chi connectivity index (χ4n) is 1.32. The maximum Gasteiger partial charge on any atom is 0.0587 e.